The summed E-state index contributed by atoms with van der Waals surface area (Å²) in [4.78, 5) is 11.4. The van der Waals surface area contributed by atoms with E-state index in [1.807, 2.05) is 18.4 Å². The van der Waals surface area contributed by atoms with Crippen LogP contribution in [-0.2, 0) is 4.79 Å². The van der Waals surface area contributed by atoms with Crippen LogP contribution in [-0.4, -0.2) is 12.2 Å². The molecule has 0 radical (unpaired) electrons. The molecule has 1 aromatic heterocycles. The lowest BCUT2D eigenvalue weighted by Crippen LogP contribution is -2.04. The van der Waals surface area contributed by atoms with Crippen LogP contribution in [0.5, 0.6) is 0 Å². The van der Waals surface area contributed by atoms with E-state index in [1.54, 1.807) is 29.2 Å². The Labute approximate surface area is 79.5 Å². The highest BCUT2D eigenvalue weighted by atomic mass is 32.2. The Morgan fingerprint density at radius 2 is 2.42 bits per heavy atom. The maximum absolute atomic E-state index is 10.4. The van der Waals surface area contributed by atoms with Crippen molar-refractivity contribution >= 4 is 35.1 Å². The Kier molecular flexibility index (Phi) is 3.37. The molecule has 0 saturated heterocycles. The molecular formula is C8H9NOS2. The molecule has 1 heterocycles. The molecule has 0 fully saturated rings. The van der Waals surface area contributed by atoms with Crippen LogP contribution in [0, 0.1) is 0 Å². The number of hydrogen-bond acceptors (Lipinski definition) is 3. The third-order valence-corrected chi connectivity index (χ3v) is 3.35. The number of amides is 1. The Morgan fingerprint density at radius 1 is 1.67 bits per heavy atom. The fourth-order valence-corrected chi connectivity index (χ4v) is 2.16. The molecule has 1 rings (SSSR count). The van der Waals surface area contributed by atoms with Gasteiger partial charge in [0.1, 0.15) is 0 Å². The van der Waals surface area contributed by atoms with Crippen LogP contribution >= 0.6 is 23.1 Å². The fourth-order valence-electron chi connectivity index (χ4n) is 0.698. The molecule has 0 saturated carbocycles. The summed E-state index contributed by atoms with van der Waals surface area (Å²) >= 11 is 3.34. The predicted octanol–water partition coefficient (Wildman–Crippen LogP) is 1.97. The molecule has 0 atom stereocenters. The third-order valence-electron chi connectivity index (χ3n) is 1.22. The summed E-state index contributed by atoms with van der Waals surface area (Å²) in [6, 6.07) is 3.99. The number of primary amides is 1. The van der Waals surface area contributed by atoms with E-state index >= 15 is 0 Å². The quantitative estimate of drug-likeness (QED) is 0.597. The fraction of sp³-hybridized carbons (Fsp3) is 0.125. The van der Waals surface area contributed by atoms with Crippen molar-refractivity contribution in [3.05, 3.63) is 23.1 Å². The highest BCUT2D eigenvalue weighted by Crippen LogP contribution is 2.25. The molecule has 64 valence electrons. The first-order valence-electron chi connectivity index (χ1n) is 3.33. The second kappa shape index (κ2) is 4.33. The highest BCUT2D eigenvalue weighted by Gasteiger charge is 1.94. The van der Waals surface area contributed by atoms with Gasteiger partial charge in [-0.05, 0) is 24.5 Å². The summed E-state index contributed by atoms with van der Waals surface area (Å²) < 4.78 is 1.24. The minimum atomic E-state index is -0.408. The van der Waals surface area contributed by atoms with Gasteiger partial charge in [0.05, 0.1) is 4.21 Å². The van der Waals surface area contributed by atoms with E-state index in [0.29, 0.717) is 0 Å². The molecule has 0 aliphatic carbocycles. The summed E-state index contributed by atoms with van der Waals surface area (Å²) in [7, 11) is 0. The zero-order chi connectivity index (χ0) is 8.97. The molecule has 1 aromatic rings. The van der Waals surface area contributed by atoms with E-state index in [9.17, 15) is 4.79 Å². The number of hydrogen-bond donors (Lipinski definition) is 1. The lowest BCUT2D eigenvalue weighted by Gasteiger charge is -1.83. The van der Waals surface area contributed by atoms with Gasteiger partial charge in [-0.25, -0.2) is 0 Å². The van der Waals surface area contributed by atoms with Crippen LogP contribution < -0.4 is 5.73 Å². The minimum Gasteiger partial charge on any atom is -0.366 e. The Bertz CT molecular complexity index is 304. The van der Waals surface area contributed by atoms with E-state index in [-0.39, 0.29) is 0 Å². The molecule has 2 N–H and O–H groups in total. The van der Waals surface area contributed by atoms with Gasteiger partial charge in [-0.15, -0.1) is 23.1 Å². The summed E-state index contributed by atoms with van der Waals surface area (Å²) in [5, 5.41) is 0. The second-order valence-electron chi connectivity index (χ2n) is 2.10. The zero-order valence-corrected chi connectivity index (χ0v) is 8.24. The monoisotopic (exact) mass is 199 g/mol. The van der Waals surface area contributed by atoms with E-state index in [0.717, 1.165) is 4.88 Å². The average Bonchev–Trinajstić information content (AvgIpc) is 2.48. The van der Waals surface area contributed by atoms with E-state index in [4.69, 9.17) is 5.73 Å². The first-order chi connectivity index (χ1) is 5.72. The van der Waals surface area contributed by atoms with Gasteiger partial charge >= 0.3 is 0 Å². The number of thiophene rings is 1. The zero-order valence-electron chi connectivity index (χ0n) is 6.61. The Morgan fingerprint density at radius 3 is 2.92 bits per heavy atom. The molecular weight excluding hydrogens is 190 g/mol. The van der Waals surface area contributed by atoms with Gasteiger partial charge in [0, 0.05) is 11.0 Å². The van der Waals surface area contributed by atoms with Gasteiger partial charge < -0.3 is 5.73 Å². The van der Waals surface area contributed by atoms with Gasteiger partial charge in [0.25, 0.3) is 0 Å². The van der Waals surface area contributed by atoms with Crippen molar-refractivity contribution in [3.8, 4) is 0 Å². The molecule has 12 heavy (non-hydrogen) atoms. The largest absolute Gasteiger partial charge is 0.366 e. The SMILES string of the molecule is CSc1ccc(/C=C/C(N)=O)s1. The van der Waals surface area contributed by atoms with Crippen molar-refractivity contribution < 1.29 is 4.79 Å². The molecule has 0 aliphatic rings. The number of carbonyl (C=O) groups is 1. The minimum absolute atomic E-state index is 0.408. The predicted molar refractivity (Wildman–Crippen MR) is 54.3 cm³/mol. The van der Waals surface area contributed by atoms with E-state index in [2.05, 4.69) is 0 Å². The standard InChI is InChI=1S/C8H9NOS2/c1-11-8-5-3-6(12-8)2-4-7(9)10/h2-5H,1H3,(H2,9,10)/b4-2+. The van der Waals surface area contributed by atoms with Crippen molar-refractivity contribution in [2.24, 2.45) is 5.73 Å². The lowest BCUT2D eigenvalue weighted by molar-refractivity contribution is -0.113. The van der Waals surface area contributed by atoms with E-state index in [1.165, 1.54) is 10.3 Å². The Hall–Kier alpha value is -0.740. The summed E-state index contributed by atoms with van der Waals surface area (Å²) in [5.74, 6) is -0.408. The number of rotatable bonds is 3. The maximum Gasteiger partial charge on any atom is 0.241 e. The van der Waals surface area contributed by atoms with Crippen molar-refractivity contribution in [2.75, 3.05) is 6.26 Å². The van der Waals surface area contributed by atoms with Gasteiger partial charge in [-0.3, -0.25) is 4.79 Å². The van der Waals surface area contributed by atoms with Gasteiger partial charge in [-0.1, -0.05) is 0 Å². The first-order valence-corrected chi connectivity index (χ1v) is 5.38. The number of nitrogens with two attached hydrogens (primary N) is 1. The summed E-state index contributed by atoms with van der Waals surface area (Å²) in [6.07, 6.45) is 5.12. The van der Waals surface area contributed by atoms with Crippen LogP contribution in [0.3, 0.4) is 0 Å². The molecule has 1 amide bonds. The molecule has 0 spiro atoms. The van der Waals surface area contributed by atoms with Crippen LogP contribution in [0.15, 0.2) is 22.4 Å². The van der Waals surface area contributed by atoms with Crippen LogP contribution in [0.4, 0.5) is 0 Å². The topological polar surface area (TPSA) is 43.1 Å². The molecule has 4 heteroatoms. The molecule has 0 aliphatic heterocycles. The second-order valence-corrected chi connectivity index (χ2v) is 4.32. The van der Waals surface area contributed by atoms with Crippen LogP contribution in [0.1, 0.15) is 4.88 Å². The van der Waals surface area contributed by atoms with Crippen molar-refractivity contribution in [1.29, 1.82) is 0 Å². The van der Waals surface area contributed by atoms with Crippen molar-refractivity contribution in [3.63, 3.8) is 0 Å². The molecule has 0 unspecified atom stereocenters. The highest BCUT2D eigenvalue weighted by molar-refractivity contribution is 8.00. The van der Waals surface area contributed by atoms with Gasteiger partial charge in [-0.2, -0.15) is 0 Å². The average molecular weight is 199 g/mol. The lowest BCUT2D eigenvalue weighted by atomic mass is 10.4. The molecule has 0 bridgehead atoms. The maximum atomic E-state index is 10.4. The smallest absolute Gasteiger partial charge is 0.241 e. The van der Waals surface area contributed by atoms with Crippen LogP contribution in [0.25, 0.3) is 6.08 Å². The van der Waals surface area contributed by atoms with Crippen molar-refractivity contribution in [2.45, 2.75) is 4.21 Å². The summed E-state index contributed by atoms with van der Waals surface area (Å²) in [6.45, 7) is 0. The molecule has 0 aromatic carbocycles. The number of thioether (sulfide) groups is 1. The van der Waals surface area contributed by atoms with Gasteiger partial charge in [0.15, 0.2) is 0 Å². The Balaban J connectivity index is 2.70. The first kappa shape index (κ1) is 9.35. The van der Waals surface area contributed by atoms with E-state index < -0.39 is 5.91 Å². The molecule has 2 nitrogen and oxygen atoms in total. The normalized spacial score (nSPS) is 10.8. The van der Waals surface area contributed by atoms with Crippen LogP contribution in [0.2, 0.25) is 0 Å². The summed E-state index contributed by atoms with van der Waals surface area (Å²) in [5.41, 5.74) is 4.95. The third kappa shape index (κ3) is 2.71. The van der Waals surface area contributed by atoms with Gasteiger partial charge in [0.2, 0.25) is 5.91 Å². The number of carbonyl (C=O) groups excluding carboxylic acids is 1. The van der Waals surface area contributed by atoms with Crippen molar-refractivity contribution in [1.82, 2.24) is 0 Å².